The summed E-state index contributed by atoms with van der Waals surface area (Å²) < 4.78 is 0. The van der Waals surface area contributed by atoms with Gasteiger partial charge in [0.15, 0.2) is 5.78 Å². The fourth-order valence-electron chi connectivity index (χ4n) is 8.42. The van der Waals surface area contributed by atoms with Crippen molar-refractivity contribution in [3.8, 4) is 0 Å². The van der Waals surface area contributed by atoms with E-state index in [1.165, 1.54) is 19.3 Å². The van der Waals surface area contributed by atoms with Gasteiger partial charge in [0.25, 0.3) is 0 Å². The van der Waals surface area contributed by atoms with Crippen molar-refractivity contribution in [2.75, 3.05) is 0 Å². The van der Waals surface area contributed by atoms with Gasteiger partial charge in [0, 0.05) is 6.42 Å². The molecule has 0 unspecified atom stereocenters. The number of carbonyl (C=O) groups excluding carboxylic acids is 1. The number of aliphatic hydroxyl groups is 1. The molecule has 4 fully saturated rings. The van der Waals surface area contributed by atoms with Crippen LogP contribution in [0.15, 0.2) is 35.9 Å². The van der Waals surface area contributed by atoms with Crippen LogP contribution in [0.3, 0.4) is 0 Å². The Hall–Kier alpha value is -1.41. The van der Waals surface area contributed by atoms with Gasteiger partial charge in [-0.2, -0.15) is 0 Å². The molecule has 4 aliphatic carbocycles. The minimum atomic E-state index is -0.523. The molecule has 30 heavy (non-hydrogen) atoms. The molecule has 0 radical (unpaired) electrons. The molecule has 0 spiro atoms. The highest BCUT2D eigenvalue weighted by atomic mass is 16.3. The van der Waals surface area contributed by atoms with Crippen LogP contribution >= 0.6 is 0 Å². The molecule has 0 saturated heterocycles. The molecular weight excluding hydrogens is 368 g/mol. The zero-order chi connectivity index (χ0) is 21.4. The van der Waals surface area contributed by atoms with E-state index in [4.69, 9.17) is 0 Å². The standard InChI is InChI=1S/C28H38O2/c1-25-13-10-21-22-12-15-28(4,30)26(22,2)14-11-23(21)27(25,3)17-20(24(29)18-25)16-19-8-6-5-7-9-19/h5-9,16,21-23,30H,10-15,17-18H2,1-4H3/b20-16+/t21-,22-,23-,25+,26+,27+,28+/m1/s1. The number of Topliss-reactive ketones (excluding diaryl/α,β-unsaturated/α-hetero) is 1. The molecule has 1 aromatic rings. The molecule has 1 N–H and O–H groups in total. The van der Waals surface area contributed by atoms with Crippen molar-refractivity contribution in [3.05, 3.63) is 41.5 Å². The molecule has 5 rings (SSSR count). The van der Waals surface area contributed by atoms with Crippen molar-refractivity contribution in [2.45, 2.75) is 84.7 Å². The summed E-state index contributed by atoms with van der Waals surface area (Å²) in [5.41, 5.74) is 1.99. The Kier molecular flexibility index (Phi) is 4.47. The summed E-state index contributed by atoms with van der Waals surface area (Å²) in [6.07, 6.45) is 10.6. The lowest BCUT2D eigenvalue weighted by atomic mass is 9.40. The van der Waals surface area contributed by atoms with Gasteiger partial charge in [0.1, 0.15) is 0 Å². The van der Waals surface area contributed by atoms with Crippen LogP contribution in [0, 0.1) is 34.0 Å². The number of rotatable bonds is 1. The summed E-state index contributed by atoms with van der Waals surface area (Å²) in [5.74, 6) is 2.35. The van der Waals surface area contributed by atoms with E-state index in [0.717, 1.165) is 36.8 Å². The van der Waals surface area contributed by atoms with Gasteiger partial charge in [-0.1, -0.05) is 51.1 Å². The molecule has 162 valence electrons. The van der Waals surface area contributed by atoms with Crippen LogP contribution in [-0.4, -0.2) is 16.5 Å². The number of allylic oxidation sites excluding steroid dienone is 1. The van der Waals surface area contributed by atoms with Gasteiger partial charge in [-0.25, -0.2) is 0 Å². The van der Waals surface area contributed by atoms with Crippen LogP contribution in [-0.2, 0) is 4.79 Å². The molecule has 0 heterocycles. The number of carbonyl (C=O) groups is 1. The van der Waals surface area contributed by atoms with E-state index in [9.17, 15) is 9.90 Å². The van der Waals surface area contributed by atoms with Crippen LogP contribution in [0.25, 0.3) is 6.08 Å². The van der Waals surface area contributed by atoms with E-state index in [0.29, 0.717) is 30.0 Å². The van der Waals surface area contributed by atoms with Crippen molar-refractivity contribution >= 4 is 11.9 Å². The Labute approximate surface area is 182 Å². The summed E-state index contributed by atoms with van der Waals surface area (Å²) in [5, 5.41) is 11.2. The lowest BCUT2D eigenvalue weighted by Gasteiger charge is -2.64. The third-order valence-corrected chi connectivity index (χ3v) is 10.8. The zero-order valence-electron chi connectivity index (χ0n) is 19.2. The van der Waals surface area contributed by atoms with Crippen molar-refractivity contribution in [2.24, 2.45) is 34.0 Å². The molecule has 4 saturated carbocycles. The summed E-state index contributed by atoms with van der Waals surface area (Å²) in [6, 6.07) is 10.3. The van der Waals surface area contributed by atoms with Crippen LogP contribution in [0.4, 0.5) is 0 Å². The SMILES string of the molecule is C[C@@]12CC[C@H]3[C@@H](CC[C@@]4(C)[C@@H]3CC[C@]4(C)O)[C@]1(C)C/C(=C\c1ccccc1)C(=O)C2. The Balaban J connectivity index is 1.50. The molecule has 1 aromatic carbocycles. The van der Waals surface area contributed by atoms with Gasteiger partial charge in [0.2, 0.25) is 0 Å². The first-order chi connectivity index (χ1) is 14.1. The maximum Gasteiger partial charge on any atom is 0.159 e. The molecule has 7 atom stereocenters. The Morgan fingerprint density at radius 2 is 1.53 bits per heavy atom. The maximum atomic E-state index is 13.2. The second kappa shape index (κ2) is 6.55. The molecule has 4 aliphatic rings. The predicted molar refractivity (Wildman–Crippen MR) is 122 cm³/mol. The first kappa shape index (κ1) is 20.5. The van der Waals surface area contributed by atoms with Gasteiger partial charge in [-0.15, -0.1) is 0 Å². The van der Waals surface area contributed by atoms with E-state index in [1.54, 1.807) is 0 Å². The Morgan fingerprint density at radius 1 is 0.867 bits per heavy atom. The van der Waals surface area contributed by atoms with E-state index in [2.05, 4.69) is 58.0 Å². The van der Waals surface area contributed by atoms with Crippen molar-refractivity contribution in [3.63, 3.8) is 0 Å². The molecule has 0 aromatic heterocycles. The van der Waals surface area contributed by atoms with E-state index < -0.39 is 5.60 Å². The minimum Gasteiger partial charge on any atom is -0.390 e. The van der Waals surface area contributed by atoms with Crippen LogP contribution in [0.5, 0.6) is 0 Å². The third-order valence-electron chi connectivity index (χ3n) is 10.8. The lowest BCUT2D eigenvalue weighted by molar-refractivity contribution is -0.169. The lowest BCUT2D eigenvalue weighted by Crippen LogP contribution is -2.59. The summed E-state index contributed by atoms with van der Waals surface area (Å²) in [4.78, 5) is 13.2. The smallest absolute Gasteiger partial charge is 0.159 e. The van der Waals surface area contributed by atoms with Gasteiger partial charge in [-0.05, 0) is 103 Å². The highest BCUT2D eigenvalue weighted by Crippen LogP contribution is 2.71. The number of hydrogen-bond donors (Lipinski definition) is 1. The van der Waals surface area contributed by atoms with Crippen molar-refractivity contribution in [1.82, 2.24) is 0 Å². The van der Waals surface area contributed by atoms with Crippen LogP contribution in [0.2, 0.25) is 0 Å². The minimum absolute atomic E-state index is 0.0610. The third kappa shape index (κ3) is 2.68. The molecule has 0 bridgehead atoms. The molecule has 2 heteroatoms. The number of hydrogen-bond acceptors (Lipinski definition) is 2. The summed E-state index contributed by atoms with van der Waals surface area (Å²) >= 11 is 0. The van der Waals surface area contributed by atoms with Crippen molar-refractivity contribution in [1.29, 1.82) is 0 Å². The topological polar surface area (TPSA) is 37.3 Å². The Bertz CT molecular complexity index is 883. The van der Waals surface area contributed by atoms with Gasteiger partial charge < -0.3 is 5.11 Å². The molecule has 0 amide bonds. The van der Waals surface area contributed by atoms with E-state index in [1.807, 2.05) is 6.07 Å². The summed E-state index contributed by atoms with van der Waals surface area (Å²) in [6.45, 7) is 9.36. The molecule has 2 nitrogen and oxygen atoms in total. The monoisotopic (exact) mass is 406 g/mol. The first-order valence-corrected chi connectivity index (χ1v) is 12.1. The summed E-state index contributed by atoms with van der Waals surface area (Å²) in [7, 11) is 0. The van der Waals surface area contributed by atoms with E-state index >= 15 is 0 Å². The fraction of sp³-hybridized carbons (Fsp3) is 0.679. The quantitative estimate of drug-likeness (QED) is 0.545. The normalized spacial score (nSPS) is 49.4. The van der Waals surface area contributed by atoms with Gasteiger partial charge in [-0.3, -0.25) is 4.79 Å². The first-order valence-electron chi connectivity index (χ1n) is 12.1. The average molecular weight is 407 g/mol. The highest BCUT2D eigenvalue weighted by Gasteiger charge is 2.65. The highest BCUT2D eigenvalue weighted by molar-refractivity contribution is 6.01. The van der Waals surface area contributed by atoms with Gasteiger partial charge >= 0.3 is 0 Å². The van der Waals surface area contributed by atoms with Gasteiger partial charge in [0.05, 0.1) is 5.60 Å². The van der Waals surface area contributed by atoms with Crippen LogP contribution in [0.1, 0.15) is 84.6 Å². The van der Waals surface area contributed by atoms with Crippen LogP contribution < -0.4 is 0 Å². The second-order valence-electron chi connectivity index (χ2n) is 12.0. The molecule has 0 aliphatic heterocycles. The average Bonchev–Trinajstić information content (AvgIpc) is 2.94. The number of benzene rings is 1. The fourth-order valence-corrected chi connectivity index (χ4v) is 8.42. The van der Waals surface area contributed by atoms with Crippen molar-refractivity contribution < 1.29 is 9.90 Å². The predicted octanol–water partition coefficient (Wildman–Crippen LogP) is 6.43. The van der Waals surface area contributed by atoms with E-state index in [-0.39, 0.29) is 16.2 Å². The number of fused-ring (bicyclic) bond motifs is 5. The largest absolute Gasteiger partial charge is 0.390 e. The second-order valence-corrected chi connectivity index (χ2v) is 12.0. The Morgan fingerprint density at radius 3 is 2.27 bits per heavy atom. The maximum absolute atomic E-state index is 13.2. The molecular formula is C28H38O2. The zero-order valence-corrected chi connectivity index (χ0v) is 19.2. The number of ketones is 1.